The van der Waals surface area contributed by atoms with Crippen LogP contribution in [0.25, 0.3) is 0 Å². The first kappa shape index (κ1) is 12.8. The summed E-state index contributed by atoms with van der Waals surface area (Å²) in [6, 6.07) is 0. The molecular weight excluding hydrogens is 238 g/mol. The molecule has 7 nitrogen and oxygen atoms in total. The van der Waals surface area contributed by atoms with Crippen LogP contribution in [0.3, 0.4) is 0 Å². The predicted octanol–water partition coefficient (Wildman–Crippen LogP) is -0.130. The van der Waals surface area contributed by atoms with Crippen molar-refractivity contribution in [3.63, 3.8) is 0 Å². The van der Waals surface area contributed by atoms with Gasteiger partial charge in [0, 0.05) is 20.2 Å². The Labute approximate surface area is 104 Å². The van der Waals surface area contributed by atoms with Crippen molar-refractivity contribution in [2.75, 3.05) is 26.8 Å². The molecule has 0 amide bonds. The number of carboxylic acid groups (broad SMARTS) is 1. The van der Waals surface area contributed by atoms with Crippen molar-refractivity contribution < 1.29 is 14.6 Å². The maximum atomic E-state index is 11.1. The molecule has 0 aliphatic carbocycles. The highest BCUT2D eigenvalue weighted by Crippen LogP contribution is 2.18. The van der Waals surface area contributed by atoms with Crippen molar-refractivity contribution in [1.82, 2.24) is 14.9 Å². The van der Waals surface area contributed by atoms with Gasteiger partial charge in [0.1, 0.15) is 5.69 Å². The Morgan fingerprint density at radius 2 is 2.33 bits per heavy atom. The molecule has 1 atom stereocenters. The van der Waals surface area contributed by atoms with Gasteiger partial charge < -0.3 is 14.8 Å². The van der Waals surface area contributed by atoms with Crippen LogP contribution in [-0.2, 0) is 11.3 Å². The van der Waals surface area contributed by atoms with Gasteiger partial charge in [-0.2, -0.15) is 0 Å². The first-order valence-corrected chi connectivity index (χ1v) is 5.86. The van der Waals surface area contributed by atoms with E-state index in [1.807, 2.05) is 0 Å². The molecule has 0 radical (unpaired) electrons. The fraction of sp³-hybridized carbons (Fsp3) is 0.636. The second-order valence-corrected chi connectivity index (χ2v) is 4.58. The van der Waals surface area contributed by atoms with Crippen molar-refractivity contribution in [2.24, 2.45) is 5.92 Å². The van der Waals surface area contributed by atoms with Crippen LogP contribution in [0.4, 0.5) is 0 Å². The van der Waals surface area contributed by atoms with Gasteiger partial charge in [0.25, 0.3) is 0 Å². The Balaban J connectivity index is 2.02. The SMILES string of the molecule is COC[C@H]1CCN(Cc2[nH]c(=O)[nH]c2C(=O)O)C1. The average Bonchev–Trinajstić information content (AvgIpc) is 2.87. The summed E-state index contributed by atoms with van der Waals surface area (Å²) < 4.78 is 5.11. The van der Waals surface area contributed by atoms with E-state index in [4.69, 9.17) is 9.84 Å². The van der Waals surface area contributed by atoms with Gasteiger partial charge in [0.15, 0.2) is 0 Å². The molecule has 1 aromatic rings. The van der Waals surface area contributed by atoms with Crippen LogP contribution in [0, 0.1) is 5.92 Å². The number of rotatable bonds is 5. The zero-order chi connectivity index (χ0) is 13.1. The number of aromatic amines is 2. The molecule has 3 N–H and O–H groups in total. The first-order valence-electron chi connectivity index (χ1n) is 5.86. The quantitative estimate of drug-likeness (QED) is 0.680. The first-order chi connectivity index (χ1) is 8.60. The Morgan fingerprint density at radius 3 is 3.00 bits per heavy atom. The van der Waals surface area contributed by atoms with Crippen LogP contribution in [0.5, 0.6) is 0 Å². The van der Waals surface area contributed by atoms with Crippen LogP contribution < -0.4 is 5.69 Å². The second kappa shape index (κ2) is 5.36. The average molecular weight is 255 g/mol. The number of carbonyl (C=O) groups is 1. The maximum absolute atomic E-state index is 11.1. The molecule has 7 heteroatoms. The molecular formula is C11H17N3O4. The lowest BCUT2D eigenvalue weighted by atomic mass is 10.1. The lowest BCUT2D eigenvalue weighted by molar-refractivity contribution is 0.0688. The van der Waals surface area contributed by atoms with Gasteiger partial charge in [0.05, 0.1) is 12.3 Å². The third-order valence-corrected chi connectivity index (χ3v) is 3.17. The number of hydrogen-bond acceptors (Lipinski definition) is 4. The van der Waals surface area contributed by atoms with Gasteiger partial charge >= 0.3 is 11.7 Å². The number of nitrogens with zero attached hydrogens (tertiary/aromatic N) is 1. The lowest BCUT2D eigenvalue weighted by Crippen LogP contribution is -2.22. The zero-order valence-electron chi connectivity index (χ0n) is 10.2. The van der Waals surface area contributed by atoms with Gasteiger partial charge in [-0.25, -0.2) is 9.59 Å². The molecule has 0 aromatic carbocycles. The van der Waals surface area contributed by atoms with Crippen LogP contribution >= 0.6 is 0 Å². The van der Waals surface area contributed by atoms with E-state index < -0.39 is 11.7 Å². The lowest BCUT2D eigenvalue weighted by Gasteiger charge is -2.15. The van der Waals surface area contributed by atoms with Crippen LogP contribution in [0.1, 0.15) is 22.6 Å². The minimum absolute atomic E-state index is 0.0461. The summed E-state index contributed by atoms with van der Waals surface area (Å²) in [7, 11) is 1.68. The number of methoxy groups -OCH3 is 1. The van der Waals surface area contributed by atoms with Gasteiger partial charge in [-0.05, 0) is 18.9 Å². The Hall–Kier alpha value is -1.60. The molecule has 1 aromatic heterocycles. The van der Waals surface area contributed by atoms with Crippen molar-refractivity contribution in [3.05, 3.63) is 21.9 Å². The van der Waals surface area contributed by atoms with Gasteiger partial charge in [-0.1, -0.05) is 0 Å². The van der Waals surface area contributed by atoms with E-state index in [0.717, 1.165) is 19.5 Å². The van der Waals surface area contributed by atoms with E-state index in [2.05, 4.69) is 14.9 Å². The van der Waals surface area contributed by atoms with E-state index in [0.29, 0.717) is 24.8 Å². The van der Waals surface area contributed by atoms with Crippen molar-refractivity contribution in [3.8, 4) is 0 Å². The summed E-state index contributed by atoms with van der Waals surface area (Å²) in [5, 5.41) is 8.96. The van der Waals surface area contributed by atoms with Gasteiger partial charge in [-0.3, -0.25) is 9.88 Å². The number of ether oxygens (including phenoxy) is 1. The maximum Gasteiger partial charge on any atom is 0.354 e. The molecule has 0 spiro atoms. The summed E-state index contributed by atoms with van der Waals surface area (Å²) in [6.45, 7) is 2.91. The number of likely N-dealkylation sites (tertiary alicyclic amines) is 1. The highest BCUT2D eigenvalue weighted by molar-refractivity contribution is 5.86. The number of imidazole rings is 1. The Bertz CT molecular complexity index is 479. The molecule has 0 bridgehead atoms. The van der Waals surface area contributed by atoms with E-state index in [1.54, 1.807) is 7.11 Å². The van der Waals surface area contributed by atoms with Gasteiger partial charge in [-0.15, -0.1) is 0 Å². The molecule has 0 unspecified atom stereocenters. The second-order valence-electron chi connectivity index (χ2n) is 4.58. The number of aromatic nitrogens is 2. The fourth-order valence-corrected chi connectivity index (χ4v) is 2.37. The summed E-state index contributed by atoms with van der Waals surface area (Å²) in [6.07, 6.45) is 1.03. The number of hydrogen-bond donors (Lipinski definition) is 3. The van der Waals surface area contributed by atoms with Crippen molar-refractivity contribution in [2.45, 2.75) is 13.0 Å². The molecule has 1 aliphatic rings. The largest absolute Gasteiger partial charge is 0.477 e. The topological polar surface area (TPSA) is 98.4 Å². The standard InChI is InChI=1S/C11H17N3O4/c1-18-6-7-2-3-14(4-7)5-8-9(10(15)16)13-11(17)12-8/h7H,2-6H2,1H3,(H,15,16)(H2,12,13,17)/t7-/m0/s1. The monoisotopic (exact) mass is 255 g/mol. The smallest absolute Gasteiger partial charge is 0.354 e. The van der Waals surface area contributed by atoms with Crippen LogP contribution in [0.2, 0.25) is 0 Å². The Kier molecular flexibility index (Phi) is 3.83. The fourth-order valence-electron chi connectivity index (χ4n) is 2.37. The number of carboxylic acids is 1. The molecule has 0 saturated carbocycles. The number of H-pyrrole nitrogens is 2. The third kappa shape index (κ3) is 2.80. The summed E-state index contributed by atoms with van der Waals surface area (Å²) in [5.74, 6) is -0.634. The highest BCUT2D eigenvalue weighted by Gasteiger charge is 2.24. The molecule has 2 heterocycles. The zero-order valence-corrected chi connectivity index (χ0v) is 10.2. The summed E-state index contributed by atoms with van der Waals surface area (Å²) in [4.78, 5) is 29.0. The summed E-state index contributed by atoms with van der Waals surface area (Å²) in [5.41, 5.74) is -0.0872. The minimum Gasteiger partial charge on any atom is -0.477 e. The Morgan fingerprint density at radius 1 is 1.56 bits per heavy atom. The van der Waals surface area contributed by atoms with Crippen LogP contribution in [-0.4, -0.2) is 52.7 Å². The van der Waals surface area contributed by atoms with Gasteiger partial charge in [0.2, 0.25) is 0 Å². The molecule has 1 saturated heterocycles. The summed E-state index contributed by atoms with van der Waals surface area (Å²) >= 11 is 0. The van der Waals surface area contributed by atoms with E-state index in [9.17, 15) is 9.59 Å². The van der Waals surface area contributed by atoms with E-state index in [1.165, 1.54) is 0 Å². The molecule has 1 fully saturated rings. The van der Waals surface area contributed by atoms with Crippen LogP contribution in [0.15, 0.2) is 4.79 Å². The predicted molar refractivity (Wildman–Crippen MR) is 63.6 cm³/mol. The number of aromatic carboxylic acids is 1. The van der Waals surface area contributed by atoms with Crippen molar-refractivity contribution >= 4 is 5.97 Å². The highest BCUT2D eigenvalue weighted by atomic mass is 16.5. The minimum atomic E-state index is -1.11. The molecule has 1 aliphatic heterocycles. The molecule has 18 heavy (non-hydrogen) atoms. The normalized spacial score (nSPS) is 20.4. The van der Waals surface area contributed by atoms with Crippen molar-refractivity contribution in [1.29, 1.82) is 0 Å². The van der Waals surface area contributed by atoms with E-state index >= 15 is 0 Å². The molecule has 2 rings (SSSR count). The third-order valence-electron chi connectivity index (χ3n) is 3.17. The molecule has 100 valence electrons. The van der Waals surface area contributed by atoms with E-state index in [-0.39, 0.29) is 5.69 Å². The number of nitrogens with one attached hydrogen (secondary N) is 2.